The van der Waals surface area contributed by atoms with Gasteiger partial charge in [0, 0.05) is 11.1 Å². The van der Waals surface area contributed by atoms with Crippen molar-refractivity contribution in [3.63, 3.8) is 0 Å². The van der Waals surface area contributed by atoms with E-state index in [1.165, 1.54) is 12.1 Å². The van der Waals surface area contributed by atoms with E-state index in [0.29, 0.717) is 23.5 Å². The highest BCUT2D eigenvalue weighted by Gasteiger charge is 2.32. The summed E-state index contributed by atoms with van der Waals surface area (Å²) in [5.41, 5.74) is 13.1. The predicted molar refractivity (Wildman–Crippen MR) is 107 cm³/mol. The molecular weight excluding hydrogens is 375 g/mol. The number of nitrogen functional groups attached to an aromatic ring is 2. The fraction of sp³-hybridized carbons (Fsp3) is 0.176. The Kier molecular flexibility index (Phi) is 5.41. The molecule has 0 aliphatic carbocycles. The minimum absolute atomic E-state index is 0.00116. The first-order valence-corrected chi connectivity index (χ1v) is 8.52. The molecule has 0 amide bonds. The lowest BCUT2D eigenvalue weighted by Gasteiger charge is -2.27. The van der Waals surface area contributed by atoms with Gasteiger partial charge >= 0.3 is 7.12 Å². The molecule has 2 aromatic rings. The number of rotatable bonds is 4. The highest BCUT2D eigenvalue weighted by atomic mass is 16.5. The van der Waals surface area contributed by atoms with Crippen LogP contribution in [0.25, 0.3) is 0 Å². The lowest BCUT2D eigenvalue weighted by Crippen LogP contribution is -2.34. The first-order chi connectivity index (χ1) is 13.9. The molecule has 0 fully saturated rings. The maximum Gasteiger partial charge on any atom is 0.488 e. The van der Waals surface area contributed by atoms with E-state index in [1.807, 2.05) is 6.07 Å². The molecule has 1 aliphatic heterocycles. The molecule has 0 radical (unpaired) electrons. The summed E-state index contributed by atoms with van der Waals surface area (Å²) in [6.07, 6.45) is 1.76. The Hall–Kier alpha value is -4.00. The van der Waals surface area contributed by atoms with Crippen molar-refractivity contribution in [2.45, 2.75) is 13.0 Å². The average Bonchev–Trinajstić information content (AvgIpc) is 2.68. The fourth-order valence-corrected chi connectivity index (χ4v) is 3.03. The van der Waals surface area contributed by atoms with E-state index in [-0.39, 0.29) is 34.3 Å². The second-order valence-electron chi connectivity index (χ2n) is 6.01. The van der Waals surface area contributed by atoms with Gasteiger partial charge in [-0.25, -0.2) is 9.98 Å². The number of nitrogens with one attached hydrogen (secondary N) is 2. The first-order valence-electron chi connectivity index (χ1n) is 8.52. The fourth-order valence-electron chi connectivity index (χ4n) is 3.03. The summed E-state index contributed by atoms with van der Waals surface area (Å²) in [4.78, 5) is 8.63. The topological polar surface area (TPSA) is 199 Å². The van der Waals surface area contributed by atoms with Crippen LogP contribution in [0.5, 0.6) is 5.75 Å². The molecule has 8 N–H and O–H groups in total. The molecule has 1 aromatic heterocycles. The largest absolute Gasteiger partial charge is 0.494 e. The van der Waals surface area contributed by atoms with Gasteiger partial charge in [-0.15, -0.1) is 0 Å². The van der Waals surface area contributed by atoms with Gasteiger partial charge in [-0.3, -0.25) is 5.32 Å². The number of nitriles is 2. The van der Waals surface area contributed by atoms with Crippen LogP contribution in [0.2, 0.25) is 0 Å². The van der Waals surface area contributed by atoms with Gasteiger partial charge in [0.2, 0.25) is 5.96 Å². The van der Waals surface area contributed by atoms with Crippen molar-refractivity contribution in [2.75, 3.05) is 23.4 Å². The molecule has 2 heterocycles. The van der Waals surface area contributed by atoms with Crippen molar-refractivity contribution >= 4 is 35.9 Å². The highest BCUT2D eigenvalue weighted by Crippen LogP contribution is 2.42. The van der Waals surface area contributed by atoms with Gasteiger partial charge in [-0.1, -0.05) is 12.1 Å². The smallest absolute Gasteiger partial charge is 0.488 e. The SMILES string of the molecule is CCOc1ccc(B(O)O)cc1C1N=C(NC#N)Nc2nc(N)c(C#N)c(N)c21. The van der Waals surface area contributed by atoms with Crippen LogP contribution in [0.3, 0.4) is 0 Å². The van der Waals surface area contributed by atoms with E-state index < -0.39 is 13.2 Å². The number of benzene rings is 1. The predicted octanol–water partition coefficient (Wildman–Crippen LogP) is -0.862. The summed E-state index contributed by atoms with van der Waals surface area (Å²) in [6, 6.07) is 5.65. The van der Waals surface area contributed by atoms with Gasteiger partial charge in [-0.05, 0) is 18.5 Å². The van der Waals surface area contributed by atoms with Gasteiger partial charge in [0.25, 0.3) is 0 Å². The minimum atomic E-state index is -1.72. The summed E-state index contributed by atoms with van der Waals surface area (Å²) < 4.78 is 5.67. The highest BCUT2D eigenvalue weighted by molar-refractivity contribution is 6.58. The van der Waals surface area contributed by atoms with Gasteiger partial charge in [0.15, 0.2) is 6.19 Å². The summed E-state index contributed by atoms with van der Waals surface area (Å²) in [5.74, 6) is 0.648. The second kappa shape index (κ2) is 7.94. The molecule has 0 saturated heterocycles. The Balaban J connectivity index is 2.30. The van der Waals surface area contributed by atoms with Gasteiger partial charge in [0.1, 0.15) is 35.1 Å². The Morgan fingerprint density at radius 2 is 2.10 bits per heavy atom. The zero-order valence-electron chi connectivity index (χ0n) is 15.3. The molecule has 1 unspecified atom stereocenters. The number of pyridine rings is 1. The van der Waals surface area contributed by atoms with E-state index in [0.717, 1.165) is 0 Å². The molecule has 29 heavy (non-hydrogen) atoms. The number of guanidine groups is 1. The molecule has 11 nitrogen and oxygen atoms in total. The lowest BCUT2D eigenvalue weighted by molar-refractivity contribution is 0.335. The van der Waals surface area contributed by atoms with Crippen LogP contribution in [0.15, 0.2) is 23.2 Å². The lowest BCUT2D eigenvalue weighted by atomic mass is 9.78. The number of fused-ring (bicyclic) bond motifs is 1. The van der Waals surface area contributed by atoms with Crippen molar-refractivity contribution in [3.05, 3.63) is 34.9 Å². The van der Waals surface area contributed by atoms with E-state index >= 15 is 0 Å². The molecule has 0 bridgehead atoms. The molecule has 1 aromatic carbocycles. The number of nitrogens with two attached hydrogens (primary N) is 2. The van der Waals surface area contributed by atoms with Gasteiger partial charge < -0.3 is 31.6 Å². The number of nitrogens with zero attached hydrogens (tertiary/aromatic N) is 4. The van der Waals surface area contributed by atoms with Crippen molar-refractivity contribution in [2.24, 2.45) is 4.99 Å². The Morgan fingerprint density at radius 3 is 2.72 bits per heavy atom. The van der Waals surface area contributed by atoms with Crippen molar-refractivity contribution in [3.8, 4) is 18.0 Å². The summed E-state index contributed by atoms with van der Waals surface area (Å²) >= 11 is 0. The Bertz CT molecular complexity index is 1070. The number of anilines is 3. The van der Waals surface area contributed by atoms with E-state index in [4.69, 9.17) is 21.5 Å². The Morgan fingerprint density at radius 1 is 1.34 bits per heavy atom. The van der Waals surface area contributed by atoms with Crippen LogP contribution in [0, 0.1) is 22.8 Å². The van der Waals surface area contributed by atoms with E-state index in [1.54, 1.807) is 19.2 Å². The van der Waals surface area contributed by atoms with Gasteiger partial charge in [0.05, 0.1) is 12.3 Å². The number of aliphatic imine (C=N–C) groups is 1. The first kappa shape index (κ1) is 19.8. The van der Waals surface area contributed by atoms with Crippen LogP contribution in [-0.4, -0.2) is 34.7 Å². The molecular formula is C17H17BN8O3. The zero-order valence-corrected chi connectivity index (χ0v) is 15.3. The minimum Gasteiger partial charge on any atom is -0.494 e. The molecule has 0 saturated carbocycles. The van der Waals surface area contributed by atoms with Crippen molar-refractivity contribution in [1.82, 2.24) is 10.3 Å². The molecule has 12 heteroatoms. The van der Waals surface area contributed by atoms with E-state index in [9.17, 15) is 15.3 Å². The maximum atomic E-state index is 9.59. The molecule has 0 spiro atoms. The zero-order chi connectivity index (χ0) is 21.1. The number of aromatic nitrogens is 1. The van der Waals surface area contributed by atoms with E-state index in [2.05, 4.69) is 20.6 Å². The third-order valence-corrected chi connectivity index (χ3v) is 4.28. The van der Waals surface area contributed by atoms with Crippen LogP contribution in [0.1, 0.15) is 29.7 Å². The van der Waals surface area contributed by atoms with Crippen LogP contribution < -0.4 is 32.3 Å². The van der Waals surface area contributed by atoms with Gasteiger partial charge in [-0.2, -0.15) is 10.5 Å². The third kappa shape index (κ3) is 3.58. The molecule has 1 aliphatic rings. The normalized spacial score (nSPS) is 14.5. The second-order valence-corrected chi connectivity index (χ2v) is 6.01. The standard InChI is InChI=1S/C17H17BN8O3/c1-2-29-11-4-3-8(18(27)28)5-9(11)14-12-13(21)10(6-19)15(22)25-16(12)26-17(24-14)23-7-20/h3-5,14,27-28H,2H2,1H3,(H6,21,22,23,24,25,26). The number of hydrogen-bond donors (Lipinski definition) is 6. The van der Waals surface area contributed by atoms with Crippen LogP contribution in [0.4, 0.5) is 17.3 Å². The summed E-state index contributed by atoms with van der Waals surface area (Å²) in [5, 5.41) is 42.8. The van der Waals surface area contributed by atoms with Crippen LogP contribution in [-0.2, 0) is 0 Å². The third-order valence-electron chi connectivity index (χ3n) is 4.28. The summed E-state index contributed by atoms with van der Waals surface area (Å²) in [6.45, 7) is 2.14. The quantitative estimate of drug-likeness (QED) is 0.216. The maximum absolute atomic E-state index is 9.59. The monoisotopic (exact) mass is 392 g/mol. The molecule has 3 rings (SSSR count). The average molecular weight is 392 g/mol. The number of ether oxygens (including phenoxy) is 1. The molecule has 1 atom stereocenters. The van der Waals surface area contributed by atoms with Crippen molar-refractivity contribution in [1.29, 1.82) is 10.5 Å². The summed E-state index contributed by atoms with van der Waals surface area (Å²) in [7, 11) is -1.72. The number of hydrogen-bond acceptors (Lipinski definition) is 11. The Labute approximate surface area is 166 Å². The van der Waals surface area contributed by atoms with Crippen LogP contribution >= 0.6 is 0 Å². The van der Waals surface area contributed by atoms with Crippen molar-refractivity contribution < 1.29 is 14.8 Å². The molecule has 146 valence electrons.